The largest absolute Gasteiger partial charge is 0.393 e. The molecule has 3 N–H and O–H groups in total. The number of benzene rings is 1. The van der Waals surface area contributed by atoms with E-state index in [0.29, 0.717) is 6.42 Å². The lowest BCUT2D eigenvalue weighted by molar-refractivity contribution is 0.108. The molecule has 0 aliphatic heterocycles. The summed E-state index contributed by atoms with van der Waals surface area (Å²) < 4.78 is 0. The van der Waals surface area contributed by atoms with Gasteiger partial charge in [0.1, 0.15) is 0 Å². The first-order chi connectivity index (χ1) is 6.61. The number of nitrogens with two attached hydrogens (primary N) is 1. The Labute approximate surface area is 85.8 Å². The fourth-order valence-corrected chi connectivity index (χ4v) is 1.37. The van der Waals surface area contributed by atoms with Crippen LogP contribution in [0, 0.1) is 5.92 Å². The first-order valence-corrected chi connectivity index (χ1v) is 5.10. The Morgan fingerprint density at radius 2 is 1.79 bits per heavy atom. The summed E-state index contributed by atoms with van der Waals surface area (Å²) in [5, 5.41) is 9.68. The minimum Gasteiger partial charge on any atom is -0.393 e. The molecule has 0 bridgehead atoms. The van der Waals surface area contributed by atoms with Crippen molar-refractivity contribution in [2.24, 2.45) is 11.7 Å². The zero-order valence-electron chi connectivity index (χ0n) is 8.85. The number of rotatable bonds is 4. The van der Waals surface area contributed by atoms with Crippen LogP contribution in [0.1, 0.15) is 31.9 Å². The molecule has 1 rings (SSSR count). The molecule has 2 heteroatoms. The van der Waals surface area contributed by atoms with Crippen molar-refractivity contribution in [1.29, 1.82) is 0 Å². The summed E-state index contributed by atoms with van der Waals surface area (Å²) >= 11 is 0. The fourth-order valence-electron chi connectivity index (χ4n) is 1.37. The van der Waals surface area contributed by atoms with Crippen molar-refractivity contribution in [2.75, 3.05) is 0 Å². The Balaban J connectivity index is 2.55. The Kier molecular flexibility index (Phi) is 4.11. The predicted molar refractivity (Wildman–Crippen MR) is 58.8 cm³/mol. The molecule has 0 aliphatic rings. The van der Waals surface area contributed by atoms with Crippen LogP contribution in [0.2, 0.25) is 0 Å². The van der Waals surface area contributed by atoms with Crippen LogP contribution in [-0.4, -0.2) is 11.2 Å². The van der Waals surface area contributed by atoms with E-state index in [4.69, 9.17) is 5.73 Å². The normalized spacial score (nSPS) is 15.5. The average Bonchev–Trinajstić information content (AvgIpc) is 2.19. The van der Waals surface area contributed by atoms with E-state index in [2.05, 4.69) is 0 Å². The van der Waals surface area contributed by atoms with Crippen molar-refractivity contribution in [3.8, 4) is 0 Å². The molecule has 0 aliphatic carbocycles. The molecule has 0 heterocycles. The highest BCUT2D eigenvalue weighted by molar-refractivity contribution is 5.18. The van der Waals surface area contributed by atoms with Crippen molar-refractivity contribution >= 4 is 0 Å². The summed E-state index contributed by atoms with van der Waals surface area (Å²) in [5.41, 5.74) is 7.06. The van der Waals surface area contributed by atoms with Crippen LogP contribution in [0.5, 0.6) is 0 Å². The van der Waals surface area contributed by atoms with E-state index < -0.39 is 0 Å². The van der Waals surface area contributed by atoms with Gasteiger partial charge in [-0.05, 0) is 17.9 Å². The molecule has 1 aromatic carbocycles. The molecule has 0 unspecified atom stereocenters. The van der Waals surface area contributed by atoms with Gasteiger partial charge in [-0.2, -0.15) is 0 Å². The topological polar surface area (TPSA) is 46.2 Å². The van der Waals surface area contributed by atoms with Gasteiger partial charge >= 0.3 is 0 Å². The maximum absolute atomic E-state index is 9.68. The van der Waals surface area contributed by atoms with E-state index in [1.165, 1.54) is 0 Å². The molecule has 2 atom stereocenters. The molecule has 78 valence electrons. The maximum Gasteiger partial charge on any atom is 0.0581 e. The first kappa shape index (κ1) is 11.2. The Morgan fingerprint density at radius 3 is 2.29 bits per heavy atom. The first-order valence-electron chi connectivity index (χ1n) is 5.10. The van der Waals surface area contributed by atoms with Crippen LogP contribution in [0.3, 0.4) is 0 Å². The third-order valence-corrected chi connectivity index (χ3v) is 2.49. The van der Waals surface area contributed by atoms with Gasteiger partial charge in [0.2, 0.25) is 0 Å². The maximum atomic E-state index is 9.68. The van der Waals surface area contributed by atoms with Crippen molar-refractivity contribution in [3.05, 3.63) is 35.9 Å². The highest BCUT2D eigenvalue weighted by Gasteiger charge is 2.14. The number of hydrogen-bond acceptors (Lipinski definition) is 2. The van der Waals surface area contributed by atoms with E-state index in [1.807, 2.05) is 44.2 Å². The van der Waals surface area contributed by atoms with Crippen molar-refractivity contribution < 1.29 is 5.11 Å². The minimum absolute atomic E-state index is 0.0615. The molecule has 1 aromatic rings. The lowest BCUT2D eigenvalue weighted by Gasteiger charge is -2.19. The quantitative estimate of drug-likeness (QED) is 0.769. The molecule has 14 heavy (non-hydrogen) atoms. The van der Waals surface area contributed by atoms with E-state index in [0.717, 1.165) is 5.56 Å². The van der Waals surface area contributed by atoms with E-state index in [9.17, 15) is 5.11 Å². The summed E-state index contributed by atoms with van der Waals surface area (Å²) in [5.74, 6) is 0.268. The Bertz CT molecular complexity index is 258. The van der Waals surface area contributed by atoms with Gasteiger partial charge in [-0.15, -0.1) is 0 Å². The van der Waals surface area contributed by atoms with Gasteiger partial charge in [0.25, 0.3) is 0 Å². The molecule has 0 amide bonds. The molecule has 0 fully saturated rings. The van der Waals surface area contributed by atoms with Crippen LogP contribution in [0.15, 0.2) is 30.3 Å². The van der Waals surface area contributed by atoms with Crippen molar-refractivity contribution in [2.45, 2.75) is 32.4 Å². The molecule has 0 saturated heterocycles. The molecule has 0 aromatic heterocycles. The molecule has 2 nitrogen and oxygen atoms in total. The van der Waals surface area contributed by atoms with E-state index in [1.54, 1.807) is 0 Å². The van der Waals surface area contributed by atoms with Gasteiger partial charge in [-0.25, -0.2) is 0 Å². The number of hydrogen-bond donors (Lipinski definition) is 2. The second-order valence-corrected chi connectivity index (χ2v) is 4.06. The smallest absolute Gasteiger partial charge is 0.0581 e. The highest BCUT2D eigenvalue weighted by Crippen LogP contribution is 2.18. The zero-order valence-corrected chi connectivity index (χ0v) is 8.85. The van der Waals surface area contributed by atoms with Crippen LogP contribution >= 0.6 is 0 Å². The van der Waals surface area contributed by atoms with Gasteiger partial charge in [-0.3, -0.25) is 0 Å². The number of aliphatic hydroxyl groups is 1. The van der Waals surface area contributed by atoms with Gasteiger partial charge < -0.3 is 10.8 Å². The lowest BCUT2D eigenvalue weighted by Crippen LogP contribution is -2.22. The highest BCUT2D eigenvalue weighted by atomic mass is 16.3. The van der Waals surface area contributed by atoms with Gasteiger partial charge in [0.05, 0.1) is 6.10 Å². The molecular weight excluding hydrogens is 174 g/mol. The Hall–Kier alpha value is -0.860. The average molecular weight is 193 g/mol. The minimum atomic E-state index is -0.315. The summed E-state index contributed by atoms with van der Waals surface area (Å²) in [6.45, 7) is 4.00. The molecular formula is C12H19NO. The third-order valence-electron chi connectivity index (χ3n) is 2.49. The summed E-state index contributed by atoms with van der Waals surface area (Å²) in [6.07, 6.45) is 0.312. The summed E-state index contributed by atoms with van der Waals surface area (Å²) in [4.78, 5) is 0. The van der Waals surface area contributed by atoms with Crippen LogP contribution in [0.25, 0.3) is 0 Å². The van der Waals surface area contributed by atoms with E-state index >= 15 is 0 Å². The fraction of sp³-hybridized carbons (Fsp3) is 0.500. The molecule has 0 radical (unpaired) electrons. The van der Waals surface area contributed by atoms with Crippen LogP contribution in [-0.2, 0) is 0 Å². The van der Waals surface area contributed by atoms with Crippen molar-refractivity contribution in [3.63, 3.8) is 0 Å². The van der Waals surface area contributed by atoms with Crippen LogP contribution in [0.4, 0.5) is 0 Å². The summed E-state index contributed by atoms with van der Waals surface area (Å²) in [7, 11) is 0. The van der Waals surface area contributed by atoms with Crippen LogP contribution < -0.4 is 5.73 Å². The third kappa shape index (κ3) is 3.13. The monoisotopic (exact) mass is 193 g/mol. The lowest BCUT2D eigenvalue weighted by atomic mass is 9.96. The molecule has 0 spiro atoms. The second kappa shape index (κ2) is 5.13. The SMILES string of the molecule is CC(C)[C@H](O)C[C@@H](N)c1ccccc1. The second-order valence-electron chi connectivity index (χ2n) is 4.06. The van der Waals surface area contributed by atoms with Crippen molar-refractivity contribution in [1.82, 2.24) is 0 Å². The standard InChI is InChI=1S/C12H19NO/c1-9(2)12(14)8-11(13)10-6-4-3-5-7-10/h3-7,9,11-12,14H,8,13H2,1-2H3/t11-,12-/m1/s1. The summed E-state index contributed by atoms with van der Waals surface area (Å²) in [6, 6.07) is 9.84. The predicted octanol–water partition coefficient (Wildman–Crippen LogP) is 2.09. The zero-order chi connectivity index (χ0) is 10.6. The molecule has 0 saturated carbocycles. The Morgan fingerprint density at radius 1 is 1.21 bits per heavy atom. The number of aliphatic hydroxyl groups excluding tert-OH is 1. The van der Waals surface area contributed by atoms with Gasteiger partial charge in [0, 0.05) is 6.04 Å². The van der Waals surface area contributed by atoms with Gasteiger partial charge in [0.15, 0.2) is 0 Å². The van der Waals surface area contributed by atoms with E-state index in [-0.39, 0.29) is 18.1 Å². The van der Waals surface area contributed by atoms with Gasteiger partial charge in [-0.1, -0.05) is 44.2 Å².